The van der Waals surface area contributed by atoms with Gasteiger partial charge in [-0.1, -0.05) is 30.7 Å². The maximum Gasteiger partial charge on any atom is 0.417 e. The smallest absolute Gasteiger partial charge is 0.294 e. The summed E-state index contributed by atoms with van der Waals surface area (Å²) in [5.74, 6) is -7.30. The van der Waals surface area contributed by atoms with Crippen molar-refractivity contribution < 1.29 is 48.7 Å². The van der Waals surface area contributed by atoms with Gasteiger partial charge in [-0.25, -0.2) is 4.39 Å². The minimum absolute atomic E-state index is 0.0486. The Morgan fingerprint density at radius 3 is 2.05 bits per heavy atom. The minimum Gasteiger partial charge on any atom is -0.294 e. The van der Waals surface area contributed by atoms with Crippen molar-refractivity contribution >= 4 is 66.8 Å². The molecule has 0 aliphatic carbocycles. The molecule has 15 heteroatoms. The lowest BCUT2D eigenvalue weighted by atomic mass is 9.93. The van der Waals surface area contributed by atoms with Gasteiger partial charge < -0.3 is 0 Å². The largest absolute Gasteiger partial charge is 0.417 e. The molecule has 39 heavy (non-hydrogen) atoms. The van der Waals surface area contributed by atoms with Crippen LogP contribution in [0.25, 0.3) is 5.83 Å². The molecule has 2 atom stereocenters. The van der Waals surface area contributed by atoms with Crippen LogP contribution < -0.4 is 0 Å². The molecular weight excluding hydrogens is 722 g/mol. The normalized spacial score (nSPS) is 14.9. The first-order valence-electron chi connectivity index (χ1n) is 10.7. The molecule has 1 nitrogen and oxygen atoms in total. The highest BCUT2D eigenvalue weighted by atomic mass is 79.9. The number of hydrogen-bond acceptors (Lipinski definition) is 2. The second-order valence-electron chi connectivity index (χ2n) is 8.45. The highest BCUT2D eigenvalue weighted by molar-refractivity contribution is 9.11. The van der Waals surface area contributed by atoms with E-state index < -0.39 is 76.4 Å². The van der Waals surface area contributed by atoms with Crippen molar-refractivity contribution in [2.45, 2.75) is 37.8 Å². The number of carbonyl (C=O) groups is 1. The lowest BCUT2D eigenvalue weighted by Gasteiger charge is -2.19. The SMILES string of the molecule is C[C@H](CSCC(F)(F)F)CC(=O)c1ccc(/C(F)=C/C(c2cc(Br)c(Cl)c(Br)c2)C(F)(F)F)cc1C(F)(F)F. The van der Waals surface area contributed by atoms with Gasteiger partial charge in [0.25, 0.3) is 0 Å². The van der Waals surface area contributed by atoms with Crippen LogP contribution >= 0.6 is 55.2 Å². The van der Waals surface area contributed by atoms with Gasteiger partial charge in [-0.15, -0.1) is 0 Å². The average molecular weight is 739 g/mol. The summed E-state index contributed by atoms with van der Waals surface area (Å²) in [5.41, 5.74) is -3.76. The summed E-state index contributed by atoms with van der Waals surface area (Å²) in [4.78, 5) is 12.5. The lowest BCUT2D eigenvalue weighted by Crippen LogP contribution is -2.19. The van der Waals surface area contributed by atoms with Gasteiger partial charge in [0.2, 0.25) is 0 Å². The van der Waals surface area contributed by atoms with Gasteiger partial charge in [-0.05, 0) is 73.4 Å². The number of carbonyl (C=O) groups excluding carboxylic acids is 1. The van der Waals surface area contributed by atoms with Crippen LogP contribution in [-0.2, 0) is 6.18 Å². The standard InChI is InChI=1S/C24H17Br2ClF10OS/c1-11(9-39-10-22(29,30)31)4-20(38)14-3-2-12(5-16(14)24(35,36)37)19(28)8-15(23(32,33)34)13-6-17(25)21(27)18(26)7-13/h2-3,5-8,11,15H,4,9-10H2,1H3/b19-8-/t11-,15?/m0/s1. The fourth-order valence-electron chi connectivity index (χ4n) is 3.41. The molecular formula is C24H17Br2ClF10OS. The van der Waals surface area contributed by atoms with Gasteiger partial charge in [-0.3, -0.25) is 4.79 Å². The molecule has 0 spiro atoms. The molecule has 1 unspecified atom stereocenters. The van der Waals surface area contributed by atoms with E-state index >= 15 is 0 Å². The fourth-order valence-corrected chi connectivity index (χ4v) is 5.61. The van der Waals surface area contributed by atoms with Gasteiger partial charge in [0, 0.05) is 26.5 Å². The zero-order chi connectivity index (χ0) is 29.9. The van der Waals surface area contributed by atoms with Gasteiger partial charge in [0.1, 0.15) is 11.7 Å². The van der Waals surface area contributed by atoms with Crippen LogP contribution in [0, 0.1) is 5.92 Å². The van der Waals surface area contributed by atoms with Crippen molar-refractivity contribution in [3.8, 4) is 0 Å². The van der Waals surface area contributed by atoms with Crippen molar-refractivity contribution in [2.24, 2.45) is 5.92 Å². The Morgan fingerprint density at radius 2 is 1.56 bits per heavy atom. The second kappa shape index (κ2) is 13.2. The van der Waals surface area contributed by atoms with E-state index in [-0.39, 0.29) is 31.9 Å². The first kappa shape index (κ1) is 34.0. The van der Waals surface area contributed by atoms with Gasteiger partial charge >= 0.3 is 18.5 Å². The van der Waals surface area contributed by atoms with E-state index in [0.717, 1.165) is 18.2 Å². The maximum absolute atomic E-state index is 15.0. The van der Waals surface area contributed by atoms with Crippen molar-refractivity contribution in [2.75, 3.05) is 11.5 Å². The Morgan fingerprint density at radius 1 is 1.00 bits per heavy atom. The predicted molar refractivity (Wildman–Crippen MR) is 138 cm³/mol. The molecule has 2 aromatic carbocycles. The summed E-state index contributed by atoms with van der Waals surface area (Å²) in [6.07, 6.45) is -15.1. The number of benzene rings is 2. The Hall–Kier alpha value is -1.25. The first-order chi connectivity index (χ1) is 17.7. The van der Waals surface area contributed by atoms with E-state index in [2.05, 4.69) is 31.9 Å². The molecule has 0 saturated carbocycles. The summed E-state index contributed by atoms with van der Waals surface area (Å²) in [6, 6.07) is 3.58. The zero-order valence-corrected chi connectivity index (χ0v) is 24.2. The molecule has 0 amide bonds. The van der Waals surface area contributed by atoms with Crippen LogP contribution in [-0.4, -0.2) is 29.6 Å². The summed E-state index contributed by atoms with van der Waals surface area (Å²) in [6.45, 7) is 1.38. The quantitative estimate of drug-likeness (QED) is 0.145. The van der Waals surface area contributed by atoms with Crippen LogP contribution in [0.4, 0.5) is 43.9 Å². The number of allylic oxidation sites excluding steroid dienone is 1. The Bertz CT molecular complexity index is 1200. The minimum atomic E-state index is -5.18. The topological polar surface area (TPSA) is 17.1 Å². The molecule has 0 fully saturated rings. The fraction of sp³-hybridized carbons (Fsp3) is 0.375. The second-order valence-corrected chi connectivity index (χ2v) is 11.6. The van der Waals surface area contributed by atoms with Gasteiger partial charge in [0.05, 0.1) is 16.3 Å². The van der Waals surface area contributed by atoms with Crippen LogP contribution in [0.1, 0.15) is 46.3 Å². The van der Waals surface area contributed by atoms with Crippen LogP contribution in [0.15, 0.2) is 45.4 Å². The van der Waals surface area contributed by atoms with Crippen LogP contribution in [0.3, 0.4) is 0 Å². The van der Waals surface area contributed by atoms with Crippen molar-refractivity contribution in [1.82, 2.24) is 0 Å². The molecule has 0 aliphatic rings. The zero-order valence-electron chi connectivity index (χ0n) is 19.5. The Balaban J connectivity index is 2.42. The molecule has 0 N–H and O–H groups in total. The highest BCUT2D eigenvalue weighted by Gasteiger charge is 2.41. The Kier molecular flexibility index (Phi) is 11.5. The Labute approximate surface area is 242 Å². The summed E-state index contributed by atoms with van der Waals surface area (Å²) < 4.78 is 135. The van der Waals surface area contributed by atoms with Crippen molar-refractivity contribution in [3.05, 3.63) is 72.6 Å². The van der Waals surface area contributed by atoms with E-state index in [9.17, 15) is 48.7 Å². The first-order valence-corrected chi connectivity index (χ1v) is 13.8. The molecule has 0 aliphatic heterocycles. The molecule has 0 bridgehead atoms. The van der Waals surface area contributed by atoms with Gasteiger partial charge in [-0.2, -0.15) is 51.3 Å². The number of halogens is 13. The van der Waals surface area contributed by atoms with E-state index in [0.29, 0.717) is 17.8 Å². The third-order valence-corrected chi connectivity index (χ3v) is 8.58. The van der Waals surface area contributed by atoms with E-state index in [1.165, 1.54) is 6.92 Å². The summed E-state index contributed by atoms with van der Waals surface area (Å²) >= 11 is 12.3. The predicted octanol–water partition coefficient (Wildman–Crippen LogP) is 11.0. The summed E-state index contributed by atoms with van der Waals surface area (Å²) in [5, 5.41) is 0.0486. The number of hydrogen-bond donors (Lipinski definition) is 0. The monoisotopic (exact) mass is 736 g/mol. The van der Waals surface area contributed by atoms with Crippen molar-refractivity contribution in [1.29, 1.82) is 0 Å². The molecule has 0 saturated heterocycles. The third-order valence-electron chi connectivity index (χ3n) is 5.13. The number of alkyl halides is 9. The van der Waals surface area contributed by atoms with Crippen LogP contribution in [0.2, 0.25) is 5.02 Å². The maximum atomic E-state index is 15.0. The van der Waals surface area contributed by atoms with Crippen LogP contribution in [0.5, 0.6) is 0 Å². The molecule has 2 aromatic rings. The molecule has 0 heterocycles. The lowest BCUT2D eigenvalue weighted by molar-refractivity contribution is -0.140. The number of thioether (sulfide) groups is 1. The third kappa shape index (κ3) is 9.96. The number of rotatable bonds is 9. The average Bonchev–Trinajstić information content (AvgIpc) is 2.77. The van der Waals surface area contributed by atoms with Crippen molar-refractivity contribution in [3.63, 3.8) is 0 Å². The van der Waals surface area contributed by atoms with E-state index in [4.69, 9.17) is 11.6 Å². The highest BCUT2D eigenvalue weighted by Crippen LogP contribution is 2.43. The molecule has 0 radical (unpaired) electrons. The van der Waals surface area contributed by atoms with E-state index in [1.807, 2.05) is 0 Å². The number of Topliss-reactive ketones (excluding diaryl/α,β-unsaturated/α-hetero) is 1. The molecule has 0 aromatic heterocycles. The van der Waals surface area contributed by atoms with E-state index in [1.54, 1.807) is 0 Å². The number of ketones is 1. The molecule has 2 rings (SSSR count). The van der Waals surface area contributed by atoms with Gasteiger partial charge in [0.15, 0.2) is 5.78 Å². The summed E-state index contributed by atoms with van der Waals surface area (Å²) in [7, 11) is 0. The molecule has 216 valence electrons.